The molecule has 0 unspecified atom stereocenters. The molecule has 29 heavy (non-hydrogen) atoms. The molecule has 0 heterocycles. The molecule has 0 bridgehead atoms. The average molecular weight is 420 g/mol. The van der Waals surface area contributed by atoms with Crippen LogP contribution in [0.4, 0.5) is 0 Å². The van der Waals surface area contributed by atoms with Crippen LogP contribution in [0.1, 0.15) is 83.6 Å². The van der Waals surface area contributed by atoms with E-state index < -0.39 is 0 Å². The fraction of sp³-hybridized carbons (Fsp3) is 0.762. The first-order valence-electron chi connectivity index (χ1n) is 9.78. The average Bonchev–Trinajstić information content (AvgIpc) is 2.32. The predicted molar refractivity (Wildman–Crippen MR) is 131 cm³/mol. The van der Waals surface area contributed by atoms with Gasteiger partial charge in [-0.1, -0.05) is 14.0 Å². The van der Waals surface area contributed by atoms with Gasteiger partial charge in [-0.05, 0) is 55.4 Å². The Bertz CT molecular complexity index is 397. The molecule has 0 fully saturated rings. The fourth-order valence-corrected chi connectivity index (χ4v) is 1.74. The zero-order valence-electron chi connectivity index (χ0n) is 20.3. The van der Waals surface area contributed by atoms with E-state index in [1.807, 2.05) is 34.6 Å². The maximum Gasteiger partial charge on any atom is 0.237 e. The van der Waals surface area contributed by atoms with E-state index in [0.717, 1.165) is 17.5 Å². The van der Waals surface area contributed by atoms with Gasteiger partial charge in [0.25, 0.3) is 0 Å². The van der Waals surface area contributed by atoms with Crippen molar-refractivity contribution in [2.45, 2.75) is 108 Å². The lowest BCUT2D eigenvalue weighted by atomic mass is 10.4. The summed E-state index contributed by atoms with van der Waals surface area (Å²) >= 11 is 0. The van der Waals surface area contributed by atoms with Crippen LogP contribution in [0.2, 0.25) is 0 Å². The van der Waals surface area contributed by atoms with Crippen molar-refractivity contribution in [1.82, 2.24) is 5.32 Å². The predicted octanol–water partition coefficient (Wildman–Crippen LogP) is -2.39. The largest absolute Gasteiger partial charge is 0.386 e. The second kappa shape index (κ2) is 23.8. The minimum absolute atomic E-state index is 0. The van der Waals surface area contributed by atoms with Crippen molar-refractivity contribution in [2.75, 3.05) is 0 Å². The lowest BCUT2D eigenvalue weighted by molar-refractivity contribution is -0.495. The molecule has 0 aromatic carbocycles. The highest BCUT2D eigenvalue weighted by atomic mass is 15.0. The quantitative estimate of drug-likeness (QED) is 0.184. The first-order valence-corrected chi connectivity index (χ1v) is 9.78. The van der Waals surface area contributed by atoms with E-state index in [2.05, 4.69) is 68.4 Å². The van der Waals surface area contributed by atoms with Crippen molar-refractivity contribution in [3.8, 4) is 0 Å². The van der Waals surface area contributed by atoms with Crippen LogP contribution in [0.5, 0.6) is 0 Å². The first kappa shape index (κ1) is 37.5. The highest BCUT2D eigenvalue weighted by Gasteiger charge is 1.89. The molecule has 0 aromatic heterocycles. The van der Waals surface area contributed by atoms with Crippen molar-refractivity contribution in [2.24, 2.45) is 22.9 Å². The Kier molecular flexibility index (Phi) is 30.8. The van der Waals surface area contributed by atoms with E-state index in [-0.39, 0.29) is 7.43 Å². The van der Waals surface area contributed by atoms with Gasteiger partial charge in [0.1, 0.15) is 0 Å². The molecule has 0 aromatic rings. The lowest BCUT2D eigenvalue weighted by Gasteiger charge is -2.06. The summed E-state index contributed by atoms with van der Waals surface area (Å²) in [5, 5.41) is 2.89. The maximum atomic E-state index is 5.30. The van der Waals surface area contributed by atoms with Gasteiger partial charge in [0.2, 0.25) is 17.5 Å². The zero-order chi connectivity index (χ0) is 23.4. The molecule has 0 spiro atoms. The number of amidine groups is 3. The Morgan fingerprint density at radius 2 is 0.828 bits per heavy atom. The Balaban J connectivity index is -0.0000000873. The molecule has 8 heteroatoms. The Hall–Kier alpha value is -2.25. The van der Waals surface area contributed by atoms with Gasteiger partial charge in [-0.2, -0.15) is 0 Å². The SMILES string of the molecule is C.C=C(N)NC(C)C.CC(N)=[NH+]C(C)C.CC(N)=[NH+]C(C)C.CC(N)=[NH+]C(C)C. The Morgan fingerprint density at radius 3 is 0.828 bits per heavy atom. The third-order valence-electron chi connectivity index (χ3n) is 2.02. The number of nitrogens with one attached hydrogen (secondary N) is 4. The van der Waals surface area contributed by atoms with Crippen LogP contribution < -0.4 is 43.2 Å². The van der Waals surface area contributed by atoms with Gasteiger partial charge in [-0.15, -0.1) is 0 Å². The number of rotatable bonds is 5. The molecule has 12 N–H and O–H groups in total. The van der Waals surface area contributed by atoms with E-state index in [1.165, 1.54) is 0 Å². The molecule has 176 valence electrons. The summed E-state index contributed by atoms with van der Waals surface area (Å²) in [5.74, 6) is 2.90. The van der Waals surface area contributed by atoms with Crippen LogP contribution >= 0.6 is 0 Å². The summed E-state index contributed by atoms with van der Waals surface area (Å²) < 4.78 is 0. The fourth-order valence-electron chi connectivity index (χ4n) is 1.74. The highest BCUT2D eigenvalue weighted by molar-refractivity contribution is 5.71. The minimum Gasteiger partial charge on any atom is -0.386 e. The Morgan fingerprint density at radius 1 is 0.621 bits per heavy atom. The lowest BCUT2D eigenvalue weighted by Crippen LogP contribution is -2.79. The maximum absolute atomic E-state index is 5.30. The normalized spacial score (nSPS) is 11.5. The second-order valence-corrected chi connectivity index (χ2v) is 7.77. The minimum atomic E-state index is 0. The van der Waals surface area contributed by atoms with Crippen LogP contribution in [0.3, 0.4) is 0 Å². The molecular weight excluding hydrogens is 364 g/mol. The second-order valence-electron chi connectivity index (χ2n) is 7.77. The molecule has 0 aliphatic carbocycles. The van der Waals surface area contributed by atoms with Crippen LogP contribution in [-0.2, 0) is 0 Å². The molecule has 0 saturated heterocycles. The molecule has 0 aliphatic heterocycles. The number of hydrogen-bond donors (Lipinski definition) is 8. The van der Waals surface area contributed by atoms with Crippen LogP contribution in [0.15, 0.2) is 12.4 Å². The van der Waals surface area contributed by atoms with Crippen LogP contribution in [0, 0.1) is 0 Å². The van der Waals surface area contributed by atoms with Crippen LogP contribution in [-0.4, -0.2) is 41.7 Å². The van der Waals surface area contributed by atoms with Crippen molar-refractivity contribution in [1.29, 1.82) is 0 Å². The van der Waals surface area contributed by atoms with Crippen molar-refractivity contribution in [3.05, 3.63) is 12.4 Å². The van der Waals surface area contributed by atoms with Crippen molar-refractivity contribution >= 4 is 17.5 Å². The molecule has 0 amide bonds. The standard InChI is InChI=1S/4C5H12N2.CH4/c4*1-4(2)7-5(3)6;/h3*4H,1-3H3,(H2,6,7);4,7H,3,6H2,1-2H3;1H4/p+3. The molecule has 0 radical (unpaired) electrons. The van der Waals surface area contributed by atoms with Gasteiger partial charge in [0.05, 0.1) is 23.9 Å². The van der Waals surface area contributed by atoms with Gasteiger partial charge in [-0.3, -0.25) is 32.2 Å². The highest BCUT2D eigenvalue weighted by Crippen LogP contribution is 1.76. The summed E-state index contributed by atoms with van der Waals surface area (Å²) in [5.41, 5.74) is 21.1. The summed E-state index contributed by atoms with van der Waals surface area (Å²) in [4.78, 5) is 9.00. The number of hydrogen-bond acceptors (Lipinski definition) is 2. The first-order chi connectivity index (χ1) is 12.5. The summed E-state index contributed by atoms with van der Waals surface area (Å²) in [6.07, 6.45) is 0. The summed E-state index contributed by atoms with van der Waals surface area (Å²) in [6.45, 7) is 25.3. The smallest absolute Gasteiger partial charge is 0.237 e. The monoisotopic (exact) mass is 419 g/mol. The zero-order valence-corrected chi connectivity index (χ0v) is 20.3. The molecule has 0 rings (SSSR count). The molecule has 0 aliphatic rings. The number of nitrogens with two attached hydrogens (primary N) is 4. The van der Waals surface area contributed by atoms with Gasteiger partial charge >= 0.3 is 0 Å². The van der Waals surface area contributed by atoms with E-state index in [9.17, 15) is 0 Å². The molecular formula is C21H55N8+3. The van der Waals surface area contributed by atoms with Crippen molar-refractivity contribution < 1.29 is 15.0 Å². The Labute approximate surface area is 181 Å². The third kappa shape index (κ3) is 76.8. The van der Waals surface area contributed by atoms with Crippen molar-refractivity contribution in [3.63, 3.8) is 0 Å². The van der Waals surface area contributed by atoms with Gasteiger partial charge in [0.15, 0.2) is 0 Å². The topological polar surface area (TPSA) is 158 Å². The molecule has 0 atom stereocenters. The summed E-state index contributed by atoms with van der Waals surface area (Å²) in [6, 6.07) is 1.79. The summed E-state index contributed by atoms with van der Waals surface area (Å²) in [7, 11) is 0. The third-order valence-corrected chi connectivity index (χ3v) is 2.02. The van der Waals surface area contributed by atoms with E-state index in [4.69, 9.17) is 22.9 Å². The van der Waals surface area contributed by atoms with E-state index in [1.54, 1.807) is 0 Å². The van der Waals surface area contributed by atoms with Gasteiger partial charge < -0.3 is 11.1 Å². The van der Waals surface area contributed by atoms with E-state index >= 15 is 0 Å². The van der Waals surface area contributed by atoms with Crippen LogP contribution in [0.25, 0.3) is 0 Å². The van der Waals surface area contributed by atoms with Gasteiger partial charge in [0, 0.05) is 26.8 Å². The molecule has 8 nitrogen and oxygen atoms in total. The molecule has 0 saturated carbocycles. The van der Waals surface area contributed by atoms with E-state index in [0.29, 0.717) is 30.0 Å². The van der Waals surface area contributed by atoms with Gasteiger partial charge in [-0.25, -0.2) is 0 Å².